The van der Waals surface area contributed by atoms with E-state index in [2.05, 4.69) is 4.74 Å². The number of methoxy groups -OCH3 is 1. The fourth-order valence-corrected chi connectivity index (χ4v) is 2.79. The second-order valence-electron chi connectivity index (χ2n) is 5.63. The summed E-state index contributed by atoms with van der Waals surface area (Å²) in [6, 6.07) is 13.7. The summed E-state index contributed by atoms with van der Waals surface area (Å²) in [5.74, 6) is 2.04. The summed E-state index contributed by atoms with van der Waals surface area (Å²) in [5.41, 5.74) is 2.82. The zero-order chi connectivity index (χ0) is 16.5. The normalized spacial score (nSPS) is 12.5. The van der Waals surface area contributed by atoms with Gasteiger partial charge in [-0.2, -0.15) is 0 Å². The molecule has 0 N–H and O–H groups in total. The number of ether oxygens (including phenoxy) is 3. The number of fused-ring (bicyclic) bond motifs is 2. The average molecular weight is 324 g/mol. The van der Waals surface area contributed by atoms with Crippen molar-refractivity contribution >= 4 is 16.9 Å². The first-order valence-corrected chi connectivity index (χ1v) is 7.72. The summed E-state index contributed by atoms with van der Waals surface area (Å²) < 4.78 is 21.3. The van der Waals surface area contributed by atoms with Crippen molar-refractivity contribution < 1.29 is 23.4 Å². The van der Waals surface area contributed by atoms with Gasteiger partial charge in [0, 0.05) is 17.4 Å². The van der Waals surface area contributed by atoms with Crippen molar-refractivity contribution in [3.8, 4) is 22.8 Å². The smallest absolute Gasteiger partial charge is 0.305 e. The number of esters is 1. The van der Waals surface area contributed by atoms with Crippen LogP contribution in [0.25, 0.3) is 22.3 Å². The predicted molar refractivity (Wildman–Crippen MR) is 88.1 cm³/mol. The van der Waals surface area contributed by atoms with Crippen molar-refractivity contribution in [1.82, 2.24) is 0 Å². The van der Waals surface area contributed by atoms with Gasteiger partial charge in [0.1, 0.15) is 11.3 Å². The van der Waals surface area contributed by atoms with Crippen LogP contribution in [0, 0.1) is 0 Å². The molecule has 0 saturated carbocycles. The van der Waals surface area contributed by atoms with Crippen LogP contribution in [0.2, 0.25) is 0 Å². The van der Waals surface area contributed by atoms with Crippen molar-refractivity contribution in [2.75, 3.05) is 13.9 Å². The largest absolute Gasteiger partial charge is 0.469 e. The maximum atomic E-state index is 11.3. The van der Waals surface area contributed by atoms with Gasteiger partial charge < -0.3 is 18.6 Å². The van der Waals surface area contributed by atoms with Crippen LogP contribution in [0.5, 0.6) is 11.5 Å². The Morgan fingerprint density at radius 1 is 1.08 bits per heavy atom. The van der Waals surface area contributed by atoms with E-state index in [1.54, 1.807) is 0 Å². The molecule has 1 aromatic heterocycles. The molecule has 0 atom stereocenters. The summed E-state index contributed by atoms with van der Waals surface area (Å²) in [4.78, 5) is 11.3. The van der Waals surface area contributed by atoms with Gasteiger partial charge in [-0.25, -0.2) is 0 Å². The third-order valence-electron chi connectivity index (χ3n) is 4.08. The number of carbonyl (C=O) groups is 1. The van der Waals surface area contributed by atoms with Crippen LogP contribution in [-0.4, -0.2) is 19.9 Å². The fourth-order valence-electron chi connectivity index (χ4n) is 2.79. The highest BCUT2D eigenvalue weighted by Gasteiger charge is 2.15. The maximum absolute atomic E-state index is 11.3. The van der Waals surface area contributed by atoms with Crippen molar-refractivity contribution in [2.45, 2.75) is 12.8 Å². The van der Waals surface area contributed by atoms with Crippen molar-refractivity contribution in [1.29, 1.82) is 0 Å². The standard InChI is InChI=1S/C19H16O5/c1-21-19(20)7-3-12-2-5-15-14(8-12)10-17(24-15)13-4-6-16-18(9-13)23-11-22-16/h2,4-6,8-10H,3,7,11H2,1H3. The molecule has 1 aliphatic rings. The van der Waals surface area contributed by atoms with Crippen LogP contribution < -0.4 is 9.47 Å². The molecule has 4 rings (SSSR count). The molecule has 0 bridgehead atoms. The Labute approximate surface area is 138 Å². The van der Waals surface area contributed by atoms with E-state index in [1.807, 2.05) is 42.5 Å². The molecule has 5 nitrogen and oxygen atoms in total. The first-order chi connectivity index (χ1) is 11.7. The number of benzene rings is 2. The fraction of sp³-hybridized carbons (Fsp3) is 0.211. The average Bonchev–Trinajstić information content (AvgIpc) is 3.24. The Hall–Kier alpha value is -2.95. The minimum atomic E-state index is -0.205. The van der Waals surface area contributed by atoms with Crippen LogP contribution >= 0.6 is 0 Å². The highest BCUT2D eigenvalue weighted by atomic mass is 16.7. The zero-order valence-electron chi connectivity index (χ0n) is 13.2. The molecule has 0 radical (unpaired) electrons. The number of furan rings is 1. The van der Waals surface area contributed by atoms with E-state index in [9.17, 15) is 4.79 Å². The molecule has 24 heavy (non-hydrogen) atoms. The molecule has 0 saturated heterocycles. The molecule has 0 amide bonds. The highest BCUT2D eigenvalue weighted by molar-refractivity contribution is 5.84. The van der Waals surface area contributed by atoms with Gasteiger partial charge in [-0.05, 0) is 48.4 Å². The lowest BCUT2D eigenvalue weighted by molar-refractivity contribution is -0.140. The number of rotatable bonds is 4. The second kappa shape index (κ2) is 5.92. The van der Waals surface area contributed by atoms with Crippen molar-refractivity contribution in [3.63, 3.8) is 0 Å². The van der Waals surface area contributed by atoms with E-state index >= 15 is 0 Å². The number of aryl methyl sites for hydroxylation is 1. The van der Waals surface area contributed by atoms with Gasteiger partial charge in [-0.15, -0.1) is 0 Å². The van der Waals surface area contributed by atoms with Gasteiger partial charge >= 0.3 is 5.97 Å². The minimum absolute atomic E-state index is 0.205. The van der Waals surface area contributed by atoms with E-state index in [4.69, 9.17) is 13.9 Å². The molecule has 2 aromatic carbocycles. The van der Waals surface area contributed by atoms with Crippen LogP contribution in [-0.2, 0) is 16.0 Å². The topological polar surface area (TPSA) is 57.9 Å². The molecule has 5 heteroatoms. The van der Waals surface area contributed by atoms with Gasteiger partial charge in [0.05, 0.1) is 7.11 Å². The molecular weight excluding hydrogens is 308 g/mol. The predicted octanol–water partition coefficient (Wildman–Crippen LogP) is 3.93. The lowest BCUT2D eigenvalue weighted by atomic mass is 10.1. The molecule has 0 aliphatic carbocycles. The Kier molecular flexibility index (Phi) is 3.61. The van der Waals surface area contributed by atoms with Crippen molar-refractivity contribution in [3.05, 3.63) is 48.0 Å². The van der Waals surface area contributed by atoms with E-state index in [0.717, 1.165) is 39.4 Å². The zero-order valence-corrected chi connectivity index (χ0v) is 13.2. The van der Waals surface area contributed by atoms with Gasteiger partial charge in [0.15, 0.2) is 11.5 Å². The summed E-state index contributed by atoms with van der Waals surface area (Å²) in [5, 5.41) is 1.00. The number of hydrogen-bond donors (Lipinski definition) is 0. The second-order valence-corrected chi connectivity index (χ2v) is 5.63. The first-order valence-electron chi connectivity index (χ1n) is 7.72. The first kappa shape index (κ1) is 14.6. The summed E-state index contributed by atoms with van der Waals surface area (Å²) in [6.07, 6.45) is 1.02. The van der Waals surface area contributed by atoms with E-state index in [-0.39, 0.29) is 12.8 Å². The van der Waals surface area contributed by atoms with Gasteiger partial charge in [0.25, 0.3) is 0 Å². The van der Waals surface area contributed by atoms with Crippen LogP contribution in [0.1, 0.15) is 12.0 Å². The molecule has 3 aromatic rings. The van der Waals surface area contributed by atoms with E-state index in [1.165, 1.54) is 7.11 Å². The maximum Gasteiger partial charge on any atom is 0.305 e. The number of carbonyl (C=O) groups excluding carboxylic acids is 1. The minimum Gasteiger partial charge on any atom is -0.469 e. The Bertz CT molecular complexity index is 909. The SMILES string of the molecule is COC(=O)CCc1ccc2oc(-c3ccc4c(c3)OCO4)cc2c1. The van der Waals surface area contributed by atoms with Gasteiger partial charge in [-0.1, -0.05) is 6.07 Å². The quantitative estimate of drug-likeness (QED) is 0.681. The number of hydrogen-bond acceptors (Lipinski definition) is 5. The summed E-state index contributed by atoms with van der Waals surface area (Å²) >= 11 is 0. The molecule has 122 valence electrons. The third kappa shape index (κ3) is 2.69. The van der Waals surface area contributed by atoms with E-state index < -0.39 is 0 Å². The molecule has 0 spiro atoms. The lowest BCUT2D eigenvalue weighted by Gasteiger charge is -2.00. The summed E-state index contributed by atoms with van der Waals surface area (Å²) in [7, 11) is 1.40. The molecule has 1 aliphatic heterocycles. The van der Waals surface area contributed by atoms with Crippen LogP contribution in [0.15, 0.2) is 46.9 Å². The van der Waals surface area contributed by atoms with Crippen molar-refractivity contribution in [2.24, 2.45) is 0 Å². The molecule has 0 fully saturated rings. The monoisotopic (exact) mass is 324 g/mol. The van der Waals surface area contributed by atoms with E-state index in [0.29, 0.717) is 12.8 Å². The summed E-state index contributed by atoms with van der Waals surface area (Å²) in [6.45, 7) is 0.252. The Morgan fingerprint density at radius 2 is 1.96 bits per heavy atom. The molecule has 0 unspecified atom stereocenters. The van der Waals surface area contributed by atoms with Gasteiger partial charge in [-0.3, -0.25) is 4.79 Å². The highest BCUT2D eigenvalue weighted by Crippen LogP contribution is 2.37. The van der Waals surface area contributed by atoms with Gasteiger partial charge in [0.2, 0.25) is 6.79 Å². The molecular formula is C19H16O5. The molecule has 2 heterocycles. The third-order valence-corrected chi connectivity index (χ3v) is 4.08. The van der Waals surface area contributed by atoms with Crippen LogP contribution in [0.4, 0.5) is 0 Å². The lowest BCUT2D eigenvalue weighted by Crippen LogP contribution is -2.01. The van der Waals surface area contributed by atoms with Crippen LogP contribution in [0.3, 0.4) is 0 Å². The Balaban J connectivity index is 1.62. The Morgan fingerprint density at radius 3 is 2.83 bits per heavy atom.